The number of rotatable bonds is 6. The predicted octanol–water partition coefficient (Wildman–Crippen LogP) is 2.01. The smallest absolute Gasteiger partial charge is 0.225 e. The first-order valence-corrected chi connectivity index (χ1v) is 7.21. The quantitative estimate of drug-likeness (QED) is 0.769. The maximum absolute atomic E-state index is 12.5. The van der Waals surface area contributed by atoms with E-state index in [0.29, 0.717) is 24.4 Å². The van der Waals surface area contributed by atoms with Gasteiger partial charge in [-0.15, -0.1) is 0 Å². The molecule has 0 heterocycles. The highest BCUT2D eigenvalue weighted by atomic mass is 16.2. The van der Waals surface area contributed by atoms with E-state index in [1.54, 1.807) is 0 Å². The van der Waals surface area contributed by atoms with E-state index in [1.807, 2.05) is 0 Å². The summed E-state index contributed by atoms with van der Waals surface area (Å²) < 4.78 is 0. The number of hydrogen-bond acceptors (Lipinski definition) is 2. The summed E-state index contributed by atoms with van der Waals surface area (Å²) in [6.07, 6.45) is 5.75. The van der Waals surface area contributed by atoms with Crippen LogP contribution >= 0.6 is 0 Å². The summed E-state index contributed by atoms with van der Waals surface area (Å²) in [5.74, 6) is 2.46. The van der Waals surface area contributed by atoms with Crippen molar-refractivity contribution in [1.29, 1.82) is 0 Å². The Labute approximate surface area is 105 Å². The minimum absolute atomic E-state index is 0.311. The van der Waals surface area contributed by atoms with Gasteiger partial charge in [-0.2, -0.15) is 0 Å². The molecular formula is C14H26N2O. The van der Waals surface area contributed by atoms with Crippen LogP contribution in [0.3, 0.4) is 0 Å². The second-order valence-corrected chi connectivity index (χ2v) is 5.71. The Bertz CT molecular complexity index is 265. The third kappa shape index (κ3) is 2.65. The number of hydrogen-bond donors (Lipinski definition) is 1. The molecule has 3 heteroatoms. The number of fused-ring (bicyclic) bond motifs is 1. The monoisotopic (exact) mass is 238 g/mol. The average molecular weight is 238 g/mol. The molecule has 0 aromatic carbocycles. The zero-order valence-electron chi connectivity index (χ0n) is 11.2. The lowest BCUT2D eigenvalue weighted by molar-refractivity contribution is -0.138. The molecule has 0 bridgehead atoms. The van der Waals surface area contributed by atoms with Crippen molar-refractivity contribution in [2.45, 2.75) is 52.0 Å². The van der Waals surface area contributed by atoms with E-state index in [4.69, 9.17) is 5.73 Å². The van der Waals surface area contributed by atoms with Crippen LogP contribution in [0, 0.1) is 17.8 Å². The number of nitrogens with two attached hydrogens (primary N) is 1. The summed E-state index contributed by atoms with van der Waals surface area (Å²) in [4.78, 5) is 14.6. The maximum atomic E-state index is 12.5. The second-order valence-electron chi connectivity index (χ2n) is 5.71. The molecule has 98 valence electrons. The number of nitrogens with zero attached hydrogens (tertiary/aromatic N) is 1. The molecule has 2 unspecified atom stereocenters. The van der Waals surface area contributed by atoms with Gasteiger partial charge in [0.2, 0.25) is 5.91 Å². The van der Waals surface area contributed by atoms with E-state index in [0.717, 1.165) is 44.1 Å². The van der Waals surface area contributed by atoms with Crippen LogP contribution in [0.15, 0.2) is 0 Å². The zero-order chi connectivity index (χ0) is 12.4. The fourth-order valence-electron chi connectivity index (χ4n) is 3.49. The summed E-state index contributed by atoms with van der Waals surface area (Å²) in [5.41, 5.74) is 5.66. The van der Waals surface area contributed by atoms with Crippen molar-refractivity contribution in [3.63, 3.8) is 0 Å². The Kier molecular flexibility index (Phi) is 4.08. The summed E-state index contributed by atoms with van der Waals surface area (Å²) in [6.45, 7) is 5.65. The normalized spacial score (nSPS) is 30.5. The molecule has 2 atom stereocenters. The standard InChI is InChI=1S/C14H26N2O/c1-3-13(4-2)16(6-5-15)14(17)12-8-10-7-11(10)9-12/h10-13H,3-9,15H2,1-2H3. The maximum Gasteiger partial charge on any atom is 0.225 e. The highest BCUT2D eigenvalue weighted by Crippen LogP contribution is 2.54. The number of carbonyl (C=O) groups is 1. The Morgan fingerprint density at radius 2 is 1.82 bits per heavy atom. The van der Waals surface area contributed by atoms with Gasteiger partial charge in [-0.3, -0.25) is 4.79 Å². The first-order chi connectivity index (χ1) is 8.21. The summed E-state index contributed by atoms with van der Waals surface area (Å²) in [7, 11) is 0. The largest absolute Gasteiger partial charge is 0.338 e. The molecule has 0 aliphatic heterocycles. The van der Waals surface area contributed by atoms with Crippen molar-refractivity contribution < 1.29 is 4.79 Å². The molecule has 2 fully saturated rings. The van der Waals surface area contributed by atoms with Crippen LogP contribution in [0.4, 0.5) is 0 Å². The lowest BCUT2D eigenvalue weighted by Gasteiger charge is -2.32. The summed E-state index contributed by atoms with van der Waals surface area (Å²) in [5, 5.41) is 0. The van der Waals surface area contributed by atoms with Gasteiger partial charge in [0.1, 0.15) is 0 Å². The highest BCUT2D eigenvalue weighted by Gasteiger charge is 2.49. The molecule has 2 N–H and O–H groups in total. The van der Waals surface area contributed by atoms with Gasteiger partial charge in [-0.1, -0.05) is 13.8 Å². The third-order valence-corrected chi connectivity index (χ3v) is 4.63. The molecule has 0 saturated heterocycles. The topological polar surface area (TPSA) is 46.3 Å². The van der Waals surface area contributed by atoms with Crippen LogP contribution in [0.1, 0.15) is 46.0 Å². The van der Waals surface area contributed by atoms with Crippen LogP contribution in [0.5, 0.6) is 0 Å². The van der Waals surface area contributed by atoms with Gasteiger partial charge in [0.15, 0.2) is 0 Å². The van der Waals surface area contributed by atoms with E-state index < -0.39 is 0 Å². The van der Waals surface area contributed by atoms with Crippen LogP contribution < -0.4 is 5.73 Å². The summed E-state index contributed by atoms with van der Waals surface area (Å²) in [6, 6.07) is 0.392. The Morgan fingerprint density at radius 3 is 2.29 bits per heavy atom. The van der Waals surface area contributed by atoms with Crippen molar-refractivity contribution in [2.24, 2.45) is 23.5 Å². The molecule has 2 aliphatic rings. The number of amides is 1. The lowest BCUT2D eigenvalue weighted by atomic mass is 9.99. The molecule has 17 heavy (non-hydrogen) atoms. The van der Waals surface area contributed by atoms with Crippen LogP contribution in [-0.4, -0.2) is 29.9 Å². The fourth-order valence-corrected chi connectivity index (χ4v) is 3.49. The lowest BCUT2D eigenvalue weighted by Crippen LogP contribution is -2.45. The van der Waals surface area contributed by atoms with Crippen molar-refractivity contribution in [3.8, 4) is 0 Å². The van der Waals surface area contributed by atoms with Crippen LogP contribution in [0.2, 0.25) is 0 Å². The Balaban J connectivity index is 1.96. The molecule has 2 aliphatic carbocycles. The second kappa shape index (κ2) is 5.38. The van der Waals surface area contributed by atoms with Crippen molar-refractivity contribution in [1.82, 2.24) is 4.90 Å². The fraction of sp³-hybridized carbons (Fsp3) is 0.929. The Morgan fingerprint density at radius 1 is 1.24 bits per heavy atom. The van der Waals surface area contributed by atoms with E-state index in [2.05, 4.69) is 18.7 Å². The SMILES string of the molecule is CCC(CC)N(CCN)C(=O)C1CC2CC2C1. The predicted molar refractivity (Wildman–Crippen MR) is 69.5 cm³/mol. The van der Waals surface area contributed by atoms with Gasteiger partial charge >= 0.3 is 0 Å². The van der Waals surface area contributed by atoms with Gasteiger partial charge in [0.25, 0.3) is 0 Å². The molecule has 2 saturated carbocycles. The summed E-state index contributed by atoms with van der Waals surface area (Å²) >= 11 is 0. The van der Waals surface area contributed by atoms with E-state index >= 15 is 0 Å². The molecule has 2 rings (SSSR count). The van der Waals surface area contributed by atoms with Crippen molar-refractivity contribution >= 4 is 5.91 Å². The first kappa shape index (κ1) is 12.9. The molecule has 3 nitrogen and oxygen atoms in total. The first-order valence-electron chi connectivity index (χ1n) is 7.21. The van der Waals surface area contributed by atoms with E-state index in [1.165, 1.54) is 6.42 Å². The van der Waals surface area contributed by atoms with Gasteiger partial charge in [-0.25, -0.2) is 0 Å². The molecule has 0 spiro atoms. The molecule has 0 aromatic heterocycles. The van der Waals surface area contributed by atoms with Gasteiger partial charge in [0.05, 0.1) is 0 Å². The van der Waals surface area contributed by atoms with Gasteiger partial charge in [0, 0.05) is 25.0 Å². The number of carbonyl (C=O) groups excluding carboxylic acids is 1. The van der Waals surface area contributed by atoms with Crippen molar-refractivity contribution in [3.05, 3.63) is 0 Å². The van der Waals surface area contributed by atoms with Crippen molar-refractivity contribution in [2.75, 3.05) is 13.1 Å². The minimum atomic E-state index is 0.311. The van der Waals surface area contributed by atoms with Crippen LogP contribution in [-0.2, 0) is 4.79 Å². The molecule has 0 radical (unpaired) electrons. The average Bonchev–Trinajstić information content (AvgIpc) is 2.95. The van der Waals surface area contributed by atoms with E-state index in [-0.39, 0.29) is 0 Å². The van der Waals surface area contributed by atoms with E-state index in [9.17, 15) is 4.79 Å². The molecular weight excluding hydrogens is 212 g/mol. The zero-order valence-corrected chi connectivity index (χ0v) is 11.2. The van der Waals surface area contributed by atoms with Gasteiger partial charge in [-0.05, 0) is 43.9 Å². The van der Waals surface area contributed by atoms with Gasteiger partial charge < -0.3 is 10.6 Å². The van der Waals surface area contributed by atoms with Crippen LogP contribution in [0.25, 0.3) is 0 Å². The third-order valence-electron chi connectivity index (χ3n) is 4.63. The Hall–Kier alpha value is -0.570. The highest BCUT2D eigenvalue weighted by molar-refractivity contribution is 5.79. The minimum Gasteiger partial charge on any atom is -0.338 e. The molecule has 1 amide bonds. The molecule has 0 aromatic rings.